The minimum Gasteiger partial charge on any atom is -0.393 e. The van der Waals surface area contributed by atoms with Gasteiger partial charge in [0.15, 0.2) is 0 Å². The van der Waals surface area contributed by atoms with Crippen molar-refractivity contribution in [2.75, 3.05) is 26.2 Å². The molecule has 0 atom stereocenters. The summed E-state index contributed by atoms with van der Waals surface area (Å²) >= 11 is 0. The van der Waals surface area contributed by atoms with E-state index in [1.165, 1.54) is 25.9 Å². The normalized spacial score (nSPS) is 37.6. The van der Waals surface area contributed by atoms with Crippen molar-refractivity contribution in [3.8, 4) is 0 Å². The van der Waals surface area contributed by atoms with Crippen molar-refractivity contribution in [2.24, 2.45) is 0 Å². The molecule has 2 rings (SSSR count). The number of aliphatic hydroxyl groups is 1. The molecule has 0 unspecified atom stereocenters. The van der Waals surface area contributed by atoms with Crippen LogP contribution in [0.4, 0.5) is 0 Å². The SMILES string of the molecule is O[C@H]1CC[C@H](N2CCNCC2)CC1. The third-order valence-corrected chi connectivity index (χ3v) is 3.33. The van der Waals surface area contributed by atoms with Gasteiger partial charge in [0.25, 0.3) is 0 Å². The highest BCUT2D eigenvalue weighted by Gasteiger charge is 2.25. The first-order valence-electron chi connectivity index (χ1n) is 5.49. The molecule has 0 aromatic heterocycles. The molecule has 2 fully saturated rings. The van der Waals surface area contributed by atoms with E-state index in [4.69, 9.17) is 0 Å². The van der Waals surface area contributed by atoms with Gasteiger partial charge < -0.3 is 10.4 Å². The van der Waals surface area contributed by atoms with Gasteiger partial charge in [0, 0.05) is 32.2 Å². The van der Waals surface area contributed by atoms with E-state index in [2.05, 4.69) is 10.2 Å². The molecule has 0 spiro atoms. The fourth-order valence-electron chi connectivity index (χ4n) is 2.47. The van der Waals surface area contributed by atoms with Gasteiger partial charge >= 0.3 is 0 Å². The van der Waals surface area contributed by atoms with E-state index in [-0.39, 0.29) is 6.10 Å². The summed E-state index contributed by atoms with van der Waals surface area (Å²) in [5.74, 6) is 0. The summed E-state index contributed by atoms with van der Waals surface area (Å²) < 4.78 is 0. The quantitative estimate of drug-likeness (QED) is 0.611. The monoisotopic (exact) mass is 184 g/mol. The van der Waals surface area contributed by atoms with Crippen molar-refractivity contribution in [1.82, 2.24) is 10.2 Å². The van der Waals surface area contributed by atoms with Gasteiger partial charge in [-0.15, -0.1) is 0 Å². The average Bonchev–Trinajstić information content (AvgIpc) is 2.20. The molecule has 3 nitrogen and oxygen atoms in total. The number of rotatable bonds is 1. The van der Waals surface area contributed by atoms with Gasteiger partial charge in [0.2, 0.25) is 0 Å². The topological polar surface area (TPSA) is 35.5 Å². The van der Waals surface area contributed by atoms with Gasteiger partial charge in [-0.25, -0.2) is 0 Å². The van der Waals surface area contributed by atoms with E-state index in [1.54, 1.807) is 0 Å². The number of aliphatic hydroxyl groups excluding tert-OH is 1. The van der Waals surface area contributed by atoms with Gasteiger partial charge in [0.1, 0.15) is 0 Å². The first kappa shape index (κ1) is 9.44. The Hall–Kier alpha value is -0.120. The molecule has 1 aliphatic carbocycles. The largest absolute Gasteiger partial charge is 0.393 e. The molecule has 2 aliphatic rings. The summed E-state index contributed by atoms with van der Waals surface area (Å²) in [6.07, 6.45) is 4.39. The number of nitrogens with zero attached hydrogens (tertiary/aromatic N) is 1. The van der Waals surface area contributed by atoms with E-state index in [0.29, 0.717) is 0 Å². The Morgan fingerprint density at radius 2 is 1.62 bits per heavy atom. The number of hydrogen-bond donors (Lipinski definition) is 2. The highest BCUT2D eigenvalue weighted by atomic mass is 16.3. The molecule has 1 saturated heterocycles. The molecule has 1 saturated carbocycles. The Kier molecular flexibility index (Phi) is 3.19. The van der Waals surface area contributed by atoms with Gasteiger partial charge in [-0.2, -0.15) is 0 Å². The van der Waals surface area contributed by atoms with Crippen LogP contribution in [0.25, 0.3) is 0 Å². The van der Waals surface area contributed by atoms with Crippen molar-refractivity contribution >= 4 is 0 Å². The summed E-state index contributed by atoms with van der Waals surface area (Å²) in [6.45, 7) is 4.67. The number of piperazine rings is 1. The Morgan fingerprint density at radius 3 is 2.23 bits per heavy atom. The Bertz CT molecular complexity index is 149. The third-order valence-electron chi connectivity index (χ3n) is 3.33. The van der Waals surface area contributed by atoms with E-state index in [9.17, 15) is 5.11 Å². The molecule has 0 radical (unpaired) electrons. The first-order chi connectivity index (χ1) is 6.36. The summed E-state index contributed by atoms with van der Waals surface area (Å²) in [4.78, 5) is 2.59. The molecule has 76 valence electrons. The van der Waals surface area contributed by atoms with Crippen LogP contribution in [-0.4, -0.2) is 48.3 Å². The Balaban J connectivity index is 1.79. The van der Waals surface area contributed by atoms with Crippen molar-refractivity contribution < 1.29 is 5.11 Å². The predicted molar refractivity (Wildman–Crippen MR) is 52.7 cm³/mol. The van der Waals surface area contributed by atoms with Crippen LogP contribution in [-0.2, 0) is 0 Å². The molecular weight excluding hydrogens is 164 g/mol. The standard InChI is InChI=1S/C10H20N2O/c13-10-3-1-9(2-4-10)12-7-5-11-6-8-12/h9-11,13H,1-8H2/t9-,10-. The molecule has 2 N–H and O–H groups in total. The zero-order chi connectivity index (χ0) is 9.10. The molecule has 1 heterocycles. The van der Waals surface area contributed by atoms with Crippen LogP contribution < -0.4 is 5.32 Å². The highest BCUT2D eigenvalue weighted by Crippen LogP contribution is 2.23. The second-order valence-corrected chi connectivity index (χ2v) is 4.25. The first-order valence-corrected chi connectivity index (χ1v) is 5.49. The Morgan fingerprint density at radius 1 is 1.00 bits per heavy atom. The van der Waals surface area contributed by atoms with Crippen LogP contribution in [0.2, 0.25) is 0 Å². The van der Waals surface area contributed by atoms with Crippen LogP contribution in [0.5, 0.6) is 0 Å². The molecule has 0 amide bonds. The minimum atomic E-state index is -0.0147. The van der Waals surface area contributed by atoms with Crippen LogP contribution in [0.3, 0.4) is 0 Å². The molecular formula is C10H20N2O. The number of hydrogen-bond acceptors (Lipinski definition) is 3. The van der Waals surface area contributed by atoms with Gasteiger partial charge in [-0.3, -0.25) is 4.90 Å². The lowest BCUT2D eigenvalue weighted by Crippen LogP contribution is -2.49. The number of nitrogens with one attached hydrogen (secondary N) is 1. The van der Waals surface area contributed by atoms with E-state index < -0.39 is 0 Å². The lowest BCUT2D eigenvalue weighted by Gasteiger charge is -2.38. The summed E-state index contributed by atoms with van der Waals surface area (Å²) in [7, 11) is 0. The molecule has 0 aromatic carbocycles. The highest BCUT2D eigenvalue weighted by molar-refractivity contribution is 4.81. The fraction of sp³-hybridized carbons (Fsp3) is 1.00. The van der Waals surface area contributed by atoms with E-state index >= 15 is 0 Å². The molecule has 0 bridgehead atoms. The van der Waals surface area contributed by atoms with E-state index in [1.807, 2.05) is 0 Å². The van der Waals surface area contributed by atoms with Crippen LogP contribution in [0.15, 0.2) is 0 Å². The maximum atomic E-state index is 9.39. The lowest BCUT2D eigenvalue weighted by molar-refractivity contribution is 0.0682. The van der Waals surface area contributed by atoms with Crippen LogP contribution in [0, 0.1) is 0 Å². The predicted octanol–water partition coefficient (Wildman–Crippen LogP) is 0.195. The van der Waals surface area contributed by atoms with Gasteiger partial charge in [0.05, 0.1) is 6.10 Å². The molecule has 3 heteroatoms. The minimum absolute atomic E-state index is 0.0147. The van der Waals surface area contributed by atoms with Crippen molar-refractivity contribution in [1.29, 1.82) is 0 Å². The molecule has 0 aromatic rings. The Labute approximate surface area is 80.1 Å². The van der Waals surface area contributed by atoms with Gasteiger partial charge in [-0.1, -0.05) is 0 Å². The maximum absolute atomic E-state index is 9.39. The summed E-state index contributed by atoms with van der Waals surface area (Å²) in [5.41, 5.74) is 0. The lowest BCUT2D eigenvalue weighted by atomic mass is 9.92. The second-order valence-electron chi connectivity index (χ2n) is 4.25. The van der Waals surface area contributed by atoms with Crippen LogP contribution >= 0.6 is 0 Å². The third kappa shape index (κ3) is 2.42. The average molecular weight is 184 g/mol. The zero-order valence-electron chi connectivity index (χ0n) is 8.21. The van der Waals surface area contributed by atoms with Crippen LogP contribution in [0.1, 0.15) is 25.7 Å². The maximum Gasteiger partial charge on any atom is 0.0541 e. The van der Waals surface area contributed by atoms with Crippen molar-refractivity contribution in [3.63, 3.8) is 0 Å². The molecule has 13 heavy (non-hydrogen) atoms. The molecule has 1 aliphatic heterocycles. The second kappa shape index (κ2) is 4.40. The van der Waals surface area contributed by atoms with Crippen molar-refractivity contribution in [3.05, 3.63) is 0 Å². The van der Waals surface area contributed by atoms with Gasteiger partial charge in [-0.05, 0) is 25.7 Å². The zero-order valence-corrected chi connectivity index (χ0v) is 8.21. The van der Waals surface area contributed by atoms with Crippen molar-refractivity contribution in [2.45, 2.75) is 37.8 Å². The smallest absolute Gasteiger partial charge is 0.0541 e. The fourth-order valence-corrected chi connectivity index (χ4v) is 2.47. The summed E-state index contributed by atoms with van der Waals surface area (Å²) in [5, 5.41) is 12.8. The summed E-state index contributed by atoms with van der Waals surface area (Å²) in [6, 6.07) is 0.755. The van der Waals surface area contributed by atoms with E-state index in [0.717, 1.165) is 32.0 Å².